The molecule has 3 aromatic heterocycles. The Morgan fingerprint density at radius 3 is 2.69 bits per heavy atom. The van der Waals surface area contributed by atoms with Crippen LogP contribution in [-0.4, -0.2) is 28.1 Å². The summed E-state index contributed by atoms with van der Waals surface area (Å²) >= 11 is 0. The number of pyridine rings is 2. The van der Waals surface area contributed by atoms with Crippen molar-refractivity contribution >= 4 is 17.3 Å². The Morgan fingerprint density at radius 1 is 1.25 bits per heavy atom. The Kier molecular flexibility index (Phi) is 10.0. The molecular weight excluding hydrogens is 402 g/mol. The Hall–Kier alpha value is -3.58. The summed E-state index contributed by atoms with van der Waals surface area (Å²) in [5.41, 5.74) is 9.96. The van der Waals surface area contributed by atoms with Crippen molar-refractivity contribution in [1.82, 2.24) is 15.3 Å². The minimum atomic E-state index is -0.199. The second-order valence-electron chi connectivity index (χ2n) is 6.98. The van der Waals surface area contributed by atoms with Crippen LogP contribution in [0.3, 0.4) is 0 Å². The van der Waals surface area contributed by atoms with E-state index in [2.05, 4.69) is 33.8 Å². The molecule has 0 unspecified atom stereocenters. The smallest absolute Gasteiger partial charge is 0.253 e. The van der Waals surface area contributed by atoms with Crippen molar-refractivity contribution in [2.24, 2.45) is 10.7 Å². The van der Waals surface area contributed by atoms with E-state index in [4.69, 9.17) is 10.2 Å². The van der Waals surface area contributed by atoms with Gasteiger partial charge >= 0.3 is 0 Å². The lowest BCUT2D eigenvalue weighted by atomic mass is 10.1. The molecule has 0 aliphatic heterocycles. The Labute approximate surface area is 189 Å². The molecule has 3 heterocycles. The highest BCUT2D eigenvalue weighted by molar-refractivity contribution is 6.03. The van der Waals surface area contributed by atoms with E-state index in [1.807, 2.05) is 38.1 Å². The molecule has 0 fully saturated rings. The van der Waals surface area contributed by atoms with Crippen LogP contribution in [0.5, 0.6) is 0 Å². The van der Waals surface area contributed by atoms with Crippen LogP contribution < -0.4 is 11.1 Å². The van der Waals surface area contributed by atoms with Gasteiger partial charge in [0, 0.05) is 25.5 Å². The summed E-state index contributed by atoms with van der Waals surface area (Å²) in [5.74, 6) is 0.454. The number of aliphatic imine (C=N–C) groups is 1. The zero-order valence-electron chi connectivity index (χ0n) is 19.0. The van der Waals surface area contributed by atoms with Crippen molar-refractivity contribution in [2.45, 2.75) is 40.2 Å². The quantitative estimate of drug-likeness (QED) is 0.401. The summed E-state index contributed by atoms with van der Waals surface area (Å²) in [6.45, 7) is 10.1. The summed E-state index contributed by atoms with van der Waals surface area (Å²) < 4.78 is 5.38. The Morgan fingerprint density at radius 2 is 2.03 bits per heavy atom. The molecule has 0 aromatic carbocycles. The third-order valence-corrected chi connectivity index (χ3v) is 4.66. The molecule has 3 N–H and O–H groups in total. The van der Waals surface area contributed by atoms with Crippen LogP contribution in [-0.2, 0) is 13.0 Å². The number of rotatable bonds is 8. The highest BCUT2D eigenvalue weighted by Gasteiger charge is 2.15. The molecule has 0 saturated carbocycles. The number of carbonyl (C=O) groups is 1. The number of aromatic nitrogens is 2. The van der Waals surface area contributed by atoms with Gasteiger partial charge in [-0.2, -0.15) is 0 Å². The molecule has 0 aliphatic rings. The predicted octanol–water partition coefficient (Wildman–Crippen LogP) is 4.53. The average molecular weight is 434 g/mol. The van der Waals surface area contributed by atoms with E-state index in [-0.39, 0.29) is 5.91 Å². The molecule has 168 valence electrons. The van der Waals surface area contributed by atoms with E-state index >= 15 is 0 Å². The van der Waals surface area contributed by atoms with E-state index in [0.29, 0.717) is 47.9 Å². The predicted molar refractivity (Wildman–Crippen MR) is 128 cm³/mol. The van der Waals surface area contributed by atoms with Gasteiger partial charge in [0.1, 0.15) is 5.76 Å². The number of allylic oxidation sites excluding steroid dienone is 1. The number of hydrogen-bond donors (Lipinski definition) is 2. The van der Waals surface area contributed by atoms with Crippen LogP contribution >= 0.6 is 0 Å². The van der Waals surface area contributed by atoms with Crippen LogP contribution in [0.4, 0.5) is 5.69 Å². The molecule has 0 aliphatic carbocycles. The number of nitrogens with zero attached hydrogens (tertiary/aromatic N) is 3. The van der Waals surface area contributed by atoms with Crippen LogP contribution in [0.1, 0.15) is 53.3 Å². The number of furan rings is 1. The summed E-state index contributed by atoms with van der Waals surface area (Å²) in [4.78, 5) is 25.9. The second-order valence-corrected chi connectivity index (χ2v) is 6.98. The first-order chi connectivity index (χ1) is 15.5. The van der Waals surface area contributed by atoms with Gasteiger partial charge in [0.2, 0.25) is 0 Å². The number of nitrogens with one attached hydrogen (secondary N) is 1. The molecular formula is C25H31N5O2. The summed E-state index contributed by atoms with van der Waals surface area (Å²) in [6, 6.07) is 9.14. The van der Waals surface area contributed by atoms with Gasteiger partial charge < -0.3 is 15.5 Å². The molecule has 0 spiro atoms. The van der Waals surface area contributed by atoms with Crippen molar-refractivity contribution in [2.75, 3.05) is 6.54 Å². The standard InChI is InChI=1S/C21H23N5O2.C4H8/c1-14(19-6-4-12-28-19)26-20-15(2)23-11-8-17(20)21(27)25-10-7-16-5-3-9-24-18(16)13-22;1-3-4-2/h3-6,8-9,11-12H,7,10,13,22H2,1-2H3,(H,25,27);3H,1,4H2,2H3. The topological polar surface area (TPSA) is 106 Å². The largest absolute Gasteiger partial charge is 0.463 e. The van der Waals surface area contributed by atoms with E-state index in [0.717, 1.165) is 17.7 Å². The van der Waals surface area contributed by atoms with E-state index < -0.39 is 0 Å². The van der Waals surface area contributed by atoms with Gasteiger partial charge in [-0.3, -0.25) is 14.8 Å². The van der Waals surface area contributed by atoms with Gasteiger partial charge in [-0.15, -0.1) is 6.58 Å². The first-order valence-corrected chi connectivity index (χ1v) is 10.6. The zero-order chi connectivity index (χ0) is 23.3. The van der Waals surface area contributed by atoms with Gasteiger partial charge in [0.25, 0.3) is 5.91 Å². The van der Waals surface area contributed by atoms with Crippen LogP contribution in [0.25, 0.3) is 0 Å². The maximum Gasteiger partial charge on any atom is 0.253 e. The monoisotopic (exact) mass is 433 g/mol. The fourth-order valence-electron chi connectivity index (χ4n) is 2.88. The third-order valence-electron chi connectivity index (χ3n) is 4.66. The van der Waals surface area contributed by atoms with Crippen molar-refractivity contribution in [3.63, 3.8) is 0 Å². The van der Waals surface area contributed by atoms with Gasteiger partial charge in [-0.1, -0.05) is 19.1 Å². The summed E-state index contributed by atoms with van der Waals surface area (Å²) in [7, 11) is 0. The van der Waals surface area contributed by atoms with E-state index in [1.165, 1.54) is 0 Å². The van der Waals surface area contributed by atoms with Gasteiger partial charge in [-0.25, -0.2) is 4.99 Å². The van der Waals surface area contributed by atoms with Gasteiger partial charge in [0.05, 0.1) is 34.6 Å². The normalized spacial score (nSPS) is 10.8. The third kappa shape index (κ3) is 6.99. The highest BCUT2D eigenvalue weighted by atomic mass is 16.3. The molecule has 1 amide bonds. The Bertz CT molecular complexity index is 1040. The van der Waals surface area contributed by atoms with Crippen LogP contribution in [0.2, 0.25) is 0 Å². The zero-order valence-corrected chi connectivity index (χ0v) is 19.0. The number of amides is 1. The minimum absolute atomic E-state index is 0.199. The minimum Gasteiger partial charge on any atom is -0.463 e. The van der Waals surface area contributed by atoms with Crippen molar-refractivity contribution < 1.29 is 9.21 Å². The molecule has 7 heteroatoms. The lowest BCUT2D eigenvalue weighted by molar-refractivity contribution is 0.0954. The lowest BCUT2D eigenvalue weighted by Crippen LogP contribution is -2.26. The van der Waals surface area contributed by atoms with Crippen LogP contribution in [0.15, 0.2) is 71.1 Å². The fourth-order valence-corrected chi connectivity index (χ4v) is 2.88. The number of carbonyl (C=O) groups excluding carboxylic acids is 1. The average Bonchev–Trinajstić information content (AvgIpc) is 3.36. The highest BCUT2D eigenvalue weighted by Crippen LogP contribution is 2.23. The molecule has 3 rings (SSSR count). The van der Waals surface area contributed by atoms with Crippen LogP contribution in [0, 0.1) is 6.92 Å². The molecule has 32 heavy (non-hydrogen) atoms. The summed E-state index contributed by atoms with van der Waals surface area (Å²) in [6.07, 6.45) is 8.53. The SMILES string of the molecule is C=CCC.CC(=Nc1c(C(=O)NCCc2cccnc2CN)ccnc1C)c1ccco1. The lowest BCUT2D eigenvalue weighted by Gasteiger charge is -2.11. The van der Waals surface area contributed by atoms with E-state index in [9.17, 15) is 4.79 Å². The van der Waals surface area contributed by atoms with E-state index in [1.54, 1.807) is 30.8 Å². The molecule has 0 bridgehead atoms. The number of aryl methyl sites for hydroxylation is 1. The van der Waals surface area contributed by atoms with Gasteiger partial charge in [-0.05, 0) is 56.5 Å². The molecule has 7 nitrogen and oxygen atoms in total. The van der Waals surface area contributed by atoms with Crippen molar-refractivity contribution in [3.05, 3.63) is 89.9 Å². The fraction of sp³-hybridized carbons (Fsp3) is 0.280. The molecule has 0 saturated heterocycles. The molecule has 0 atom stereocenters. The molecule has 3 aromatic rings. The first kappa shape index (κ1) is 24.7. The van der Waals surface area contributed by atoms with Gasteiger partial charge in [0.15, 0.2) is 0 Å². The maximum absolute atomic E-state index is 12.8. The summed E-state index contributed by atoms with van der Waals surface area (Å²) in [5, 5.41) is 2.95. The number of hydrogen-bond acceptors (Lipinski definition) is 6. The maximum atomic E-state index is 12.8. The Balaban J connectivity index is 0.000000837. The van der Waals surface area contributed by atoms with Crippen molar-refractivity contribution in [1.29, 1.82) is 0 Å². The number of nitrogens with two attached hydrogens (primary N) is 1. The van der Waals surface area contributed by atoms with Crippen molar-refractivity contribution in [3.8, 4) is 0 Å². The second kappa shape index (κ2) is 13.0. The first-order valence-electron chi connectivity index (χ1n) is 10.6. The molecule has 0 radical (unpaired) electrons.